The summed E-state index contributed by atoms with van der Waals surface area (Å²) in [4.78, 5) is 17.7. The standard InChI is InChI=1S/C14H16BrN3O/c1-17(10-12-3-2-4-13(15)9-12)14(19)5-7-18-8-6-16-11-18/h2-4,6,8-9,11H,5,7,10H2,1H3. The number of hydrogen-bond acceptors (Lipinski definition) is 2. The molecule has 0 fully saturated rings. The van der Waals surface area contributed by atoms with E-state index in [0.717, 1.165) is 10.0 Å². The van der Waals surface area contributed by atoms with Crippen molar-refractivity contribution in [2.75, 3.05) is 7.05 Å². The fraction of sp³-hybridized carbons (Fsp3) is 0.286. The maximum atomic E-state index is 12.0. The largest absolute Gasteiger partial charge is 0.341 e. The molecule has 0 unspecified atom stereocenters. The van der Waals surface area contributed by atoms with Crippen molar-refractivity contribution in [2.45, 2.75) is 19.5 Å². The van der Waals surface area contributed by atoms with Crippen LogP contribution in [0.25, 0.3) is 0 Å². The number of carbonyl (C=O) groups is 1. The van der Waals surface area contributed by atoms with Gasteiger partial charge in [-0.25, -0.2) is 4.98 Å². The fourth-order valence-electron chi connectivity index (χ4n) is 1.83. The first-order valence-corrected chi connectivity index (χ1v) is 6.88. The van der Waals surface area contributed by atoms with Gasteiger partial charge in [-0.3, -0.25) is 4.79 Å². The summed E-state index contributed by atoms with van der Waals surface area (Å²) in [6.07, 6.45) is 5.79. The van der Waals surface area contributed by atoms with Gasteiger partial charge in [-0.2, -0.15) is 0 Å². The Hall–Kier alpha value is -1.62. The van der Waals surface area contributed by atoms with Crippen molar-refractivity contribution >= 4 is 21.8 Å². The Balaban J connectivity index is 1.85. The van der Waals surface area contributed by atoms with E-state index in [1.54, 1.807) is 17.4 Å². The summed E-state index contributed by atoms with van der Waals surface area (Å²) >= 11 is 3.43. The summed E-state index contributed by atoms with van der Waals surface area (Å²) in [7, 11) is 1.83. The van der Waals surface area contributed by atoms with Gasteiger partial charge < -0.3 is 9.47 Å². The maximum absolute atomic E-state index is 12.0. The lowest BCUT2D eigenvalue weighted by molar-refractivity contribution is -0.130. The Kier molecular flexibility index (Phi) is 4.74. The Morgan fingerprint density at radius 3 is 3.00 bits per heavy atom. The summed E-state index contributed by atoms with van der Waals surface area (Å²) in [5, 5.41) is 0. The van der Waals surface area contributed by atoms with Gasteiger partial charge in [0.25, 0.3) is 0 Å². The molecule has 1 aromatic heterocycles. The third-order valence-corrected chi connectivity index (χ3v) is 3.37. The second kappa shape index (κ2) is 6.52. The minimum Gasteiger partial charge on any atom is -0.341 e. The van der Waals surface area contributed by atoms with Gasteiger partial charge in [0.15, 0.2) is 0 Å². The van der Waals surface area contributed by atoms with Crippen LogP contribution in [0.15, 0.2) is 47.5 Å². The van der Waals surface area contributed by atoms with Crippen molar-refractivity contribution in [3.63, 3.8) is 0 Å². The molecule has 0 atom stereocenters. The molecule has 0 radical (unpaired) electrons. The molecule has 5 heteroatoms. The molecule has 0 N–H and O–H groups in total. The Bertz CT molecular complexity index is 539. The number of amides is 1. The first kappa shape index (κ1) is 13.8. The van der Waals surface area contributed by atoms with E-state index in [2.05, 4.69) is 20.9 Å². The highest BCUT2D eigenvalue weighted by atomic mass is 79.9. The highest BCUT2D eigenvalue weighted by molar-refractivity contribution is 9.10. The summed E-state index contributed by atoms with van der Waals surface area (Å²) in [6.45, 7) is 1.30. The number of benzene rings is 1. The van der Waals surface area contributed by atoms with Crippen LogP contribution < -0.4 is 0 Å². The van der Waals surface area contributed by atoms with Gasteiger partial charge in [0, 0.05) is 43.4 Å². The van der Waals surface area contributed by atoms with E-state index in [1.165, 1.54) is 0 Å². The molecular formula is C14H16BrN3O. The molecule has 19 heavy (non-hydrogen) atoms. The number of rotatable bonds is 5. The van der Waals surface area contributed by atoms with Gasteiger partial charge >= 0.3 is 0 Å². The molecule has 2 aromatic rings. The molecule has 0 saturated heterocycles. The first-order chi connectivity index (χ1) is 9.15. The van der Waals surface area contributed by atoms with E-state index in [0.29, 0.717) is 19.5 Å². The second-order valence-corrected chi connectivity index (χ2v) is 5.35. The third kappa shape index (κ3) is 4.21. The Morgan fingerprint density at radius 2 is 2.32 bits per heavy atom. The molecular weight excluding hydrogens is 306 g/mol. The van der Waals surface area contributed by atoms with Crippen LogP contribution in [0.5, 0.6) is 0 Å². The summed E-state index contributed by atoms with van der Waals surface area (Å²) < 4.78 is 2.94. The number of hydrogen-bond donors (Lipinski definition) is 0. The van der Waals surface area contributed by atoms with Crippen LogP contribution in [0.3, 0.4) is 0 Å². The number of halogens is 1. The van der Waals surface area contributed by atoms with Gasteiger partial charge in [-0.15, -0.1) is 0 Å². The number of carbonyl (C=O) groups excluding carboxylic acids is 1. The van der Waals surface area contributed by atoms with Crippen molar-refractivity contribution < 1.29 is 4.79 Å². The smallest absolute Gasteiger partial charge is 0.224 e. The van der Waals surface area contributed by atoms with Crippen molar-refractivity contribution in [3.05, 3.63) is 53.0 Å². The average molecular weight is 322 g/mol. The van der Waals surface area contributed by atoms with Gasteiger partial charge in [0.2, 0.25) is 5.91 Å². The minimum absolute atomic E-state index is 0.133. The highest BCUT2D eigenvalue weighted by Crippen LogP contribution is 2.13. The van der Waals surface area contributed by atoms with Gasteiger partial charge in [0.05, 0.1) is 6.33 Å². The molecule has 2 rings (SSSR count). The van der Waals surface area contributed by atoms with E-state index in [1.807, 2.05) is 42.1 Å². The van der Waals surface area contributed by atoms with Crippen LogP contribution in [-0.2, 0) is 17.9 Å². The molecule has 0 aliphatic carbocycles. The lowest BCUT2D eigenvalue weighted by atomic mass is 10.2. The molecule has 0 spiro atoms. The van der Waals surface area contributed by atoms with E-state index >= 15 is 0 Å². The van der Waals surface area contributed by atoms with Gasteiger partial charge in [0.1, 0.15) is 0 Å². The normalized spacial score (nSPS) is 10.4. The van der Waals surface area contributed by atoms with E-state index < -0.39 is 0 Å². The van der Waals surface area contributed by atoms with Crippen molar-refractivity contribution in [1.29, 1.82) is 0 Å². The lowest BCUT2D eigenvalue weighted by Crippen LogP contribution is -2.26. The predicted octanol–water partition coefficient (Wildman–Crippen LogP) is 2.69. The zero-order valence-electron chi connectivity index (χ0n) is 10.8. The quantitative estimate of drug-likeness (QED) is 0.849. The SMILES string of the molecule is CN(Cc1cccc(Br)c1)C(=O)CCn1ccnc1. The Labute approximate surface area is 121 Å². The maximum Gasteiger partial charge on any atom is 0.224 e. The molecule has 0 bridgehead atoms. The molecule has 100 valence electrons. The van der Waals surface area contributed by atoms with Gasteiger partial charge in [-0.1, -0.05) is 28.1 Å². The predicted molar refractivity (Wildman–Crippen MR) is 77.5 cm³/mol. The van der Waals surface area contributed by atoms with Crippen LogP contribution in [-0.4, -0.2) is 27.4 Å². The van der Waals surface area contributed by atoms with E-state index in [9.17, 15) is 4.79 Å². The van der Waals surface area contributed by atoms with Crippen LogP contribution in [0.1, 0.15) is 12.0 Å². The zero-order valence-corrected chi connectivity index (χ0v) is 12.4. The summed E-state index contributed by atoms with van der Waals surface area (Å²) in [5.41, 5.74) is 1.12. The topological polar surface area (TPSA) is 38.1 Å². The van der Waals surface area contributed by atoms with Crippen LogP contribution in [0, 0.1) is 0 Å². The number of imidazole rings is 1. The summed E-state index contributed by atoms with van der Waals surface area (Å²) in [6, 6.07) is 8.00. The second-order valence-electron chi connectivity index (χ2n) is 4.43. The van der Waals surface area contributed by atoms with Crippen molar-refractivity contribution in [1.82, 2.24) is 14.5 Å². The monoisotopic (exact) mass is 321 g/mol. The molecule has 1 amide bonds. The van der Waals surface area contributed by atoms with Gasteiger partial charge in [-0.05, 0) is 17.7 Å². The Morgan fingerprint density at radius 1 is 1.47 bits per heavy atom. The van der Waals surface area contributed by atoms with Crippen LogP contribution in [0.4, 0.5) is 0 Å². The molecule has 0 aliphatic rings. The number of aromatic nitrogens is 2. The van der Waals surface area contributed by atoms with Crippen LogP contribution in [0.2, 0.25) is 0 Å². The van der Waals surface area contributed by atoms with Crippen LogP contribution >= 0.6 is 15.9 Å². The summed E-state index contributed by atoms with van der Waals surface area (Å²) in [5.74, 6) is 0.133. The lowest BCUT2D eigenvalue weighted by Gasteiger charge is -2.17. The molecule has 1 heterocycles. The molecule has 4 nitrogen and oxygen atoms in total. The molecule has 1 aromatic carbocycles. The minimum atomic E-state index is 0.133. The van der Waals surface area contributed by atoms with Crippen molar-refractivity contribution in [3.8, 4) is 0 Å². The molecule has 0 aliphatic heterocycles. The molecule has 0 saturated carbocycles. The average Bonchev–Trinajstić information content (AvgIpc) is 2.89. The van der Waals surface area contributed by atoms with E-state index in [-0.39, 0.29) is 5.91 Å². The van der Waals surface area contributed by atoms with E-state index in [4.69, 9.17) is 0 Å². The highest BCUT2D eigenvalue weighted by Gasteiger charge is 2.09. The third-order valence-electron chi connectivity index (χ3n) is 2.88. The fourth-order valence-corrected chi connectivity index (χ4v) is 2.28. The zero-order chi connectivity index (χ0) is 13.7. The van der Waals surface area contributed by atoms with Crippen molar-refractivity contribution in [2.24, 2.45) is 0 Å². The number of nitrogens with zero attached hydrogens (tertiary/aromatic N) is 3. The number of aryl methyl sites for hydroxylation is 1. The first-order valence-electron chi connectivity index (χ1n) is 6.09.